The molecule has 0 spiro atoms. The largest absolute Gasteiger partial charge is 0.508 e. The van der Waals surface area contributed by atoms with Crippen LogP contribution >= 0.6 is 0 Å². The molecule has 1 fully saturated rings. The van der Waals surface area contributed by atoms with Crippen LogP contribution in [0.2, 0.25) is 0 Å². The summed E-state index contributed by atoms with van der Waals surface area (Å²) in [5, 5.41) is 71.6. The van der Waals surface area contributed by atoms with Crippen molar-refractivity contribution in [3.05, 3.63) is 71.8 Å². The van der Waals surface area contributed by atoms with Gasteiger partial charge in [-0.3, -0.25) is 4.79 Å². The van der Waals surface area contributed by atoms with Crippen molar-refractivity contribution in [2.24, 2.45) is 0 Å². The first-order valence-electron chi connectivity index (χ1n) is 12.3. The highest BCUT2D eigenvalue weighted by atomic mass is 16.7. The quantitative estimate of drug-likeness (QED) is 0.170. The smallest absolute Gasteiger partial charge is 0.344 e. The van der Waals surface area contributed by atoms with Gasteiger partial charge in [0, 0.05) is 5.56 Å². The standard InChI is InChI=1S/C27H28O14/c28-15-6-8-17(14(10-15)11-39-26(36)27(37)19(30)9-7-16(29)23(27)34)40-25-22(33)21(32)20(31)18(41-25)12-38-24(35)13-4-2-1-3-5-13/h1-10,18-23,25,28,30-34,37H,11-12H2/t18-,19-,20-,21+,22-,23+,25-,27-/m1/s1. The van der Waals surface area contributed by atoms with E-state index in [0.717, 1.165) is 18.2 Å². The van der Waals surface area contributed by atoms with Crippen LogP contribution in [0.4, 0.5) is 0 Å². The summed E-state index contributed by atoms with van der Waals surface area (Å²) in [6, 6.07) is 11.4. The number of aliphatic hydroxyl groups is 6. The number of ether oxygens (including phenoxy) is 4. The van der Waals surface area contributed by atoms with Crippen molar-refractivity contribution in [2.45, 2.75) is 55.1 Å². The van der Waals surface area contributed by atoms with E-state index in [1.807, 2.05) is 0 Å². The molecule has 1 aliphatic heterocycles. The van der Waals surface area contributed by atoms with E-state index in [-0.39, 0.29) is 22.6 Å². The molecule has 4 rings (SSSR count). The molecule has 7 N–H and O–H groups in total. The summed E-state index contributed by atoms with van der Waals surface area (Å²) < 4.78 is 21.4. The zero-order valence-electron chi connectivity index (χ0n) is 21.2. The number of esters is 2. The maximum Gasteiger partial charge on any atom is 0.344 e. The lowest BCUT2D eigenvalue weighted by Gasteiger charge is -2.40. The van der Waals surface area contributed by atoms with Gasteiger partial charge in [-0.1, -0.05) is 18.2 Å². The molecule has 0 amide bonds. The lowest BCUT2D eigenvalue weighted by molar-refractivity contribution is -0.277. The lowest BCUT2D eigenvalue weighted by Crippen LogP contribution is -2.62. The number of aromatic hydroxyl groups is 1. The van der Waals surface area contributed by atoms with E-state index in [1.54, 1.807) is 18.2 Å². The molecule has 0 aromatic heterocycles. The van der Waals surface area contributed by atoms with E-state index < -0.39 is 79.5 Å². The Bertz CT molecular complexity index is 1300. The van der Waals surface area contributed by atoms with Crippen LogP contribution in [0.25, 0.3) is 0 Å². The molecule has 0 unspecified atom stereocenters. The number of hydrogen-bond acceptors (Lipinski definition) is 14. The minimum atomic E-state index is -3.00. The third-order valence-corrected chi connectivity index (χ3v) is 6.61. The van der Waals surface area contributed by atoms with Gasteiger partial charge >= 0.3 is 11.9 Å². The summed E-state index contributed by atoms with van der Waals surface area (Å²) in [7, 11) is 0. The molecule has 0 saturated carbocycles. The summed E-state index contributed by atoms with van der Waals surface area (Å²) >= 11 is 0. The van der Waals surface area contributed by atoms with E-state index in [0.29, 0.717) is 0 Å². The number of aliphatic hydroxyl groups excluding tert-OH is 5. The predicted octanol–water partition coefficient (Wildman–Crippen LogP) is -1.93. The number of phenols is 1. The average molecular weight is 577 g/mol. The van der Waals surface area contributed by atoms with E-state index in [4.69, 9.17) is 18.9 Å². The number of rotatable bonds is 8. The van der Waals surface area contributed by atoms with E-state index in [2.05, 4.69) is 0 Å². The molecular weight excluding hydrogens is 548 g/mol. The van der Waals surface area contributed by atoms with Gasteiger partial charge in [-0.25, -0.2) is 9.59 Å². The van der Waals surface area contributed by atoms with Crippen LogP contribution in [0.1, 0.15) is 15.9 Å². The third kappa shape index (κ3) is 6.23. The van der Waals surface area contributed by atoms with Crippen LogP contribution < -0.4 is 4.74 Å². The molecule has 41 heavy (non-hydrogen) atoms. The summed E-state index contributed by atoms with van der Waals surface area (Å²) in [4.78, 5) is 36.6. The van der Waals surface area contributed by atoms with Crippen LogP contribution in [0.5, 0.6) is 11.5 Å². The van der Waals surface area contributed by atoms with Crippen LogP contribution in [-0.2, 0) is 30.4 Å². The van der Waals surface area contributed by atoms with Gasteiger partial charge in [-0.2, -0.15) is 0 Å². The first-order chi connectivity index (χ1) is 19.4. The Morgan fingerprint density at radius 1 is 0.927 bits per heavy atom. The second-order valence-corrected chi connectivity index (χ2v) is 9.40. The monoisotopic (exact) mass is 576 g/mol. The predicted molar refractivity (Wildman–Crippen MR) is 133 cm³/mol. The first-order valence-corrected chi connectivity index (χ1v) is 12.3. The maximum absolute atomic E-state index is 12.6. The summed E-state index contributed by atoms with van der Waals surface area (Å²) in [6.07, 6.45) is -10.9. The molecule has 14 nitrogen and oxygen atoms in total. The van der Waals surface area contributed by atoms with Crippen molar-refractivity contribution in [1.82, 2.24) is 0 Å². The zero-order valence-corrected chi connectivity index (χ0v) is 21.2. The fourth-order valence-electron chi connectivity index (χ4n) is 4.18. The highest BCUT2D eigenvalue weighted by Gasteiger charge is 2.55. The van der Waals surface area contributed by atoms with Crippen molar-refractivity contribution in [1.29, 1.82) is 0 Å². The van der Waals surface area contributed by atoms with Crippen molar-refractivity contribution < 1.29 is 69.1 Å². The Kier molecular flexibility index (Phi) is 9.04. The Morgan fingerprint density at radius 3 is 2.34 bits per heavy atom. The summed E-state index contributed by atoms with van der Waals surface area (Å²) in [5.41, 5.74) is -2.84. The average Bonchev–Trinajstić information content (AvgIpc) is 2.97. The lowest BCUT2D eigenvalue weighted by atomic mass is 9.83. The van der Waals surface area contributed by atoms with Crippen LogP contribution in [-0.4, -0.2) is 109 Å². The van der Waals surface area contributed by atoms with Gasteiger partial charge in [0.05, 0.1) is 5.56 Å². The molecule has 0 radical (unpaired) electrons. The van der Waals surface area contributed by atoms with Crippen molar-refractivity contribution >= 4 is 17.7 Å². The van der Waals surface area contributed by atoms with Gasteiger partial charge in [-0.15, -0.1) is 0 Å². The normalized spacial score (nSPS) is 31.4. The molecule has 8 atom stereocenters. The Balaban J connectivity index is 1.46. The molecule has 220 valence electrons. The summed E-state index contributed by atoms with van der Waals surface area (Å²) in [5.74, 6) is -3.80. The second kappa shape index (κ2) is 12.3. The molecular formula is C27H28O14. The Hall–Kier alpha value is -3.89. The zero-order chi connectivity index (χ0) is 29.9. The van der Waals surface area contributed by atoms with Crippen molar-refractivity contribution in [3.8, 4) is 11.5 Å². The summed E-state index contributed by atoms with van der Waals surface area (Å²) in [6.45, 7) is -1.25. The maximum atomic E-state index is 12.6. The van der Waals surface area contributed by atoms with Gasteiger partial charge in [0.2, 0.25) is 11.9 Å². The van der Waals surface area contributed by atoms with Crippen LogP contribution in [0.3, 0.4) is 0 Å². The molecule has 14 heteroatoms. The number of ketones is 1. The highest BCUT2D eigenvalue weighted by Crippen LogP contribution is 2.31. The van der Waals surface area contributed by atoms with Gasteiger partial charge < -0.3 is 54.7 Å². The van der Waals surface area contributed by atoms with Gasteiger partial charge in [0.15, 0.2) is 11.9 Å². The fraction of sp³-hybridized carbons (Fsp3) is 0.370. The van der Waals surface area contributed by atoms with E-state index in [9.17, 15) is 50.1 Å². The van der Waals surface area contributed by atoms with Crippen LogP contribution in [0, 0.1) is 0 Å². The van der Waals surface area contributed by atoms with Gasteiger partial charge in [0.25, 0.3) is 0 Å². The van der Waals surface area contributed by atoms with Crippen molar-refractivity contribution in [2.75, 3.05) is 6.61 Å². The topological polar surface area (TPSA) is 230 Å². The highest BCUT2D eigenvalue weighted by molar-refractivity contribution is 6.01. The fourth-order valence-corrected chi connectivity index (χ4v) is 4.18. The molecule has 0 bridgehead atoms. The molecule has 2 aromatic carbocycles. The van der Waals surface area contributed by atoms with E-state index >= 15 is 0 Å². The number of hydrogen-bond donors (Lipinski definition) is 7. The van der Waals surface area contributed by atoms with Gasteiger partial charge in [0.1, 0.15) is 55.2 Å². The minimum Gasteiger partial charge on any atom is -0.508 e. The Labute approximate surface area is 232 Å². The first kappa shape index (κ1) is 30.1. The Morgan fingerprint density at radius 2 is 1.63 bits per heavy atom. The SMILES string of the molecule is O=C(OC[C@H]1O[C@@H](Oc2ccc(O)cc2COC(=O)[C@@]2(O)[C@H](O)C=CC(=O)[C@@H]2O)[C@H](O)[C@@H](O)[C@@H]1O)c1ccccc1. The van der Waals surface area contributed by atoms with E-state index in [1.165, 1.54) is 24.3 Å². The molecule has 1 aliphatic carbocycles. The molecule has 1 heterocycles. The van der Waals surface area contributed by atoms with Gasteiger partial charge in [-0.05, 0) is 42.5 Å². The minimum absolute atomic E-state index is 0.0629. The molecule has 2 aromatic rings. The van der Waals surface area contributed by atoms with Crippen molar-refractivity contribution in [3.63, 3.8) is 0 Å². The van der Waals surface area contributed by atoms with Crippen LogP contribution in [0.15, 0.2) is 60.7 Å². The molecule has 1 saturated heterocycles. The number of carbonyl (C=O) groups is 3. The number of benzene rings is 2. The second-order valence-electron chi connectivity index (χ2n) is 9.40. The third-order valence-electron chi connectivity index (χ3n) is 6.61. The number of phenolic OH excluding ortho intramolecular Hbond substituents is 1. The number of carbonyl (C=O) groups excluding carboxylic acids is 3. The molecule has 2 aliphatic rings.